The molecule has 5 aromatic carbocycles. The van der Waals surface area contributed by atoms with Crippen molar-refractivity contribution in [1.82, 2.24) is 4.72 Å². The van der Waals surface area contributed by atoms with Gasteiger partial charge in [0.1, 0.15) is 11.6 Å². The van der Waals surface area contributed by atoms with E-state index >= 15 is 0 Å². The van der Waals surface area contributed by atoms with Gasteiger partial charge in [0.15, 0.2) is 0 Å². The van der Waals surface area contributed by atoms with Crippen molar-refractivity contribution in [3.05, 3.63) is 149 Å². The van der Waals surface area contributed by atoms with Crippen LogP contribution in [0.15, 0.2) is 126 Å². The van der Waals surface area contributed by atoms with Crippen LogP contribution in [0.25, 0.3) is 16.8 Å². The summed E-state index contributed by atoms with van der Waals surface area (Å²) in [6.45, 7) is 3.73. The van der Waals surface area contributed by atoms with Crippen molar-refractivity contribution in [2.75, 3.05) is 0 Å². The van der Waals surface area contributed by atoms with Gasteiger partial charge in [-0.15, -0.1) is 0 Å². The molecule has 0 aliphatic carbocycles. The number of halogens is 1. The SMILES string of the molecule is Cc1ccc(S(=O)(=O)N[C@H](c2ccccc2)[C@H](/C=C/c2ccc(F)cc2)C(=O)Oc2c(C)ccc3ccccc23)cc1. The molecule has 0 saturated carbocycles. The topological polar surface area (TPSA) is 72.5 Å². The molecule has 5 nitrogen and oxygen atoms in total. The predicted octanol–water partition coefficient (Wildman–Crippen LogP) is 7.55. The van der Waals surface area contributed by atoms with E-state index < -0.39 is 28.0 Å². The Bertz CT molecular complexity index is 1830. The zero-order valence-electron chi connectivity index (χ0n) is 23.2. The number of ether oxygens (including phenoxy) is 1. The highest BCUT2D eigenvalue weighted by Gasteiger charge is 2.33. The fourth-order valence-corrected chi connectivity index (χ4v) is 5.98. The summed E-state index contributed by atoms with van der Waals surface area (Å²) in [5.74, 6) is -1.71. The van der Waals surface area contributed by atoms with Crippen molar-refractivity contribution >= 4 is 32.8 Å². The quantitative estimate of drug-likeness (QED) is 0.145. The molecule has 7 heteroatoms. The molecule has 0 aromatic heterocycles. The number of nitrogens with one attached hydrogen (secondary N) is 1. The van der Waals surface area contributed by atoms with Gasteiger partial charge in [0, 0.05) is 5.39 Å². The number of carbonyl (C=O) groups is 1. The Hall–Kier alpha value is -4.59. The lowest BCUT2D eigenvalue weighted by Crippen LogP contribution is -2.37. The van der Waals surface area contributed by atoms with Gasteiger partial charge in [0.25, 0.3) is 0 Å². The Morgan fingerprint density at radius 1 is 0.810 bits per heavy atom. The summed E-state index contributed by atoms with van der Waals surface area (Å²) in [5, 5.41) is 1.67. The summed E-state index contributed by atoms with van der Waals surface area (Å²) in [5.41, 5.74) is 2.90. The molecule has 212 valence electrons. The summed E-state index contributed by atoms with van der Waals surface area (Å²) in [6, 6.07) is 31.6. The third kappa shape index (κ3) is 6.65. The number of hydrogen-bond acceptors (Lipinski definition) is 4. The molecule has 2 atom stereocenters. The third-order valence-corrected chi connectivity index (χ3v) is 8.51. The summed E-state index contributed by atoms with van der Waals surface area (Å²) < 4.78 is 49.7. The first kappa shape index (κ1) is 28.9. The maximum absolute atomic E-state index is 14.1. The van der Waals surface area contributed by atoms with Gasteiger partial charge in [-0.2, -0.15) is 0 Å². The molecule has 0 saturated heterocycles. The highest BCUT2D eigenvalue weighted by Crippen LogP contribution is 2.33. The van der Waals surface area contributed by atoms with Crippen LogP contribution in [0.2, 0.25) is 0 Å². The van der Waals surface area contributed by atoms with E-state index in [0.29, 0.717) is 16.9 Å². The first-order valence-corrected chi connectivity index (χ1v) is 15.0. The van der Waals surface area contributed by atoms with Crippen molar-refractivity contribution in [2.24, 2.45) is 5.92 Å². The number of aryl methyl sites for hydroxylation is 2. The Balaban J connectivity index is 1.60. The van der Waals surface area contributed by atoms with Crippen LogP contribution in [0.1, 0.15) is 28.3 Å². The van der Waals surface area contributed by atoms with Crippen LogP contribution in [0, 0.1) is 25.6 Å². The first-order valence-electron chi connectivity index (χ1n) is 13.5. The Kier molecular flexibility index (Phi) is 8.61. The average Bonchev–Trinajstić information content (AvgIpc) is 2.99. The number of sulfonamides is 1. The van der Waals surface area contributed by atoms with E-state index in [2.05, 4.69) is 4.72 Å². The monoisotopic (exact) mass is 579 g/mol. The fraction of sp³-hybridized carbons (Fsp3) is 0.114. The fourth-order valence-electron chi connectivity index (χ4n) is 4.73. The van der Waals surface area contributed by atoms with Crippen LogP contribution >= 0.6 is 0 Å². The molecule has 0 aliphatic rings. The summed E-state index contributed by atoms with van der Waals surface area (Å²) in [7, 11) is -4.05. The van der Waals surface area contributed by atoms with Crippen LogP contribution in [0.4, 0.5) is 4.39 Å². The summed E-state index contributed by atoms with van der Waals surface area (Å²) in [6.07, 6.45) is 3.27. The predicted molar refractivity (Wildman–Crippen MR) is 164 cm³/mol. The largest absolute Gasteiger partial charge is 0.425 e. The normalized spacial score (nSPS) is 13.2. The molecule has 0 amide bonds. The van der Waals surface area contributed by atoms with Gasteiger partial charge in [0.05, 0.1) is 16.9 Å². The van der Waals surface area contributed by atoms with Crippen LogP contribution in [-0.2, 0) is 14.8 Å². The maximum atomic E-state index is 14.1. The molecule has 0 heterocycles. The van der Waals surface area contributed by atoms with Gasteiger partial charge in [-0.05, 0) is 60.2 Å². The van der Waals surface area contributed by atoms with Gasteiger partial charge in [-0.25, -0.2) is 17.5 Å². The Labute approximate surface area is 245 Å². The first-order chi connectivity index (χ1) is 20.2. The van der Waals surface area contributed by atoms with E-state index in [1.54, 1.807) is 60.7 Å². The van der Waals surface area contributed by atoms with Crippen molar-refractivity contribution in [2.45, 2.75) is 24.8 Å². The smallest absolute Gasteiger partial charge is 0.320 e. The van der Waals surface area contributed by atoms with E-state index in [-0.39, 0.29) is 10.7 Å². The molecule has 0 radical (unpaired) electrons. The molecule has 0 aliphatic heterocycles. The number of esters is 1. The minimum absolute atomic E-state index is 0.0774. The van der Waals surface area contributed by atoms with Crippen molar-refractivity contribution in [3.8, 4) is 5.75 Å². The minimum atomic E-state index is -4.05. The van der Waals surface area contributed by atoms with Gasteiger partial charge in [-0.3, -0.25) is 4.79 Å². The average molecular weight is 580 g/mol. The van der Waals surface area contributed by atoms with Crippen LogP contribution in [-0.4, -0.2) is 14.4 Å². The molecule has 1 N–H and O–H groups in total. The molecule has 0 unspecified atom stereocenters. The van der Waals surface area contributed by atoms with E-state index in [4.69, 9.17) is 4.74 Å². The van der Waals surface area contributed by atoms with Gasteiger partial charge < -0.3 is 4.74 Å². The molecule has 0 spiro atoms. The minimum Gasteiger partial charge on any atom is -0.425 e. The van der Waals surface area contributed by atoms with Crippen molar-refractivity contribution in [3.63, 3.8) is 0 Å². The Morgan fingerprint density at radius 2 is 1.48 bits per heavy atom. The van der Waals surface area contributed by atoms with Crippen LogP contribution in [0.3, 0.4) is 0 Å². The van der Waals surface area contributed by atoms with E-state index in [1.807, 2.05) is 56.3 Å². The standard InChI is InChI=1S/C35H30FNO4S/c1-24-12-21-30(22-13-24)42(39,40)37-33(28-9-4-3-5-10-28)32(23-17-26-15-19-29(36)20-16-26)35(38)41-34-25(2)14-18-27-8-6-7-11-31(27)34/h3-23,32-33,37H,1-2H3/b23-17+/t32-,33+/m0/s1. The van der Waals surface area contributed by atoms with E-state index in [9.17, 15) is 17.6 Å². The Morgan fingerprint density at radius 3 is 2.19 bits per heavy atom. The lowest BCUT2D eigenvalue weighted by molar-refractivity contribution is -0.138. The second kappa shape index (κ2) is 12.5. The summed E-state index contributed by atoms with van der Waals surface area (Å²) >= 11 is 0. The molecule has 5 aromatic rings. The van der Waals surface area contributed by atoms with Crippen LogP contribution in [0.5, 0.6) is 5.75 Å². The zero-order valence-corrected chi connectivity index (χ0v) is 24.0. The second-order valence-electron chi connectivity index (χ2n) is 10.1. The number of hydrogen-bond donors (Lipinski definition) is 1. The second-order valence-corrected chi connectivity index (χ2v) is 11.8. The highest BCUT2D eigenvalue weighted by molar-refractivity contribution is 7.89. The van der Waals surface area contributed by atoms with E-state index in [0.717, 1.165) is 21.9 Å². The van der Waals surface area contributed by atoms with E-state index in [1.165, 1.54) is 24.3 Å². The lowest BCUT2D eigenvalue weighted by atomic mass is 9.92. The zero-order chi connectivity index (χ0) is 29.7. The molecule has 5 rings (SSSR count). The summed E-state index contributed by atoms with van der Waals surface area (Å²) in [4.78, 5) is 14.2. The van der Waals surface area contributed by atoms with Crippen molar-refractivity contribution < 1.29 is 22.3 Å². The lowest BCUT2D eigenvalue weighted by Gasteiger charge is -2.26. The van der Waals surface area contributed by atoms with Crippen LogP contribution < -0.4 is 9.46 Å². The highest BCUT2D eigenvalue weighted by atomic mass is 32.2. The van der Waals surface area contributed by atoms with Crippen molar-refractivity contribution in [1.29, 1.82) is 0 Å². The molecule has 0 fully saturated rings. The number of benzene rings is 5. The third-order valence-electron chi connectivity index (χ3n) is 7.05. The molecule has 0 bridgehead atoms. The molecular weight excluding hydrogens is 549 g/mol. The number of rotatable bonds is 9. The number of fused-ring (bicyclic) bond motifs is 1. The number of carbonyl (C=O) groups excluding carboxylic acids is 1. The maximum Gasteiger partial charge on any atom is 0.320 e. The van der Waals surface area contributed by atoms with Gasteiger partial charge >= 0.3 is 5.97 Å². The van der Waals surface area contributed by atoms with Gasteiger partial charge in [-0.1, -0.05) is 109 Å². The molecule has 42 heavy (non-hydrogen) atoms. The molecular formula is C35H30FNO4S. The van der Waals surface area contributed by atoms with Gasteiger partial charge in [0.2, 0.25) is 10.0 Å².